The van der Waals surface area contributed by atoms with Crippen molar-refractivity contribution in [1.82, 2.24) is 19.2 Å². The van der Waals surface area contributed by atoms with Crippen LogP contribution in [0.3, 0.4) is 0 Å². The maximum Gasteiger partial charge on any atom is 0.352 e. The molecule has 158 valence electrons. The summed E-state index contributed by atoms with van der Waals surface area (Å²) in [4.78, 5) is 29.8. The monoisotopic (exact) mass is 437 g/mol. The maximum atomic E-state index is 12.8. The lowest BCUT2D eigenvalue weighted by Crippen LogP contribution is -2.29. The van der Waals surface area contributed by atoms with Crippen LogP contribution in [0.15, 0.2) is 53.3 Å². The highest BCUT2D eigenvalue weighted by atomic mass is 35.5. The summed E-state index contributed by atoms with van der Waals surface area (Å²) in [6.07, 6.45) is 0. The predicted octanol–water partition coefficient (Wildman–Crippen LogP) is 3.48. The average molecular weight is 438 g/mol. The Balaban J connectivity index is 1.64. The van der Waals surface area contributed by atoms with Gasteiger partial charge in [0.1, 0.15) is 18.1 Å². The van der Waals surface area contributed by atoms with E-state index in [1.54, 1.807) is 38.3 Å². The van der Waals surface area contributed by atoms with Crippen LogP contribution in [0.25, 0.3) is 16.9 Å². The van der Waals surface area contributed by atoms with Crippen molar-refractivity contribution < 1.29 is 9.53 Å². The number of amides is 1. The summed E-state index contributed by atoms with van der Waals surface area (Å²) >= 11 is 6.10. The zero-order valence-corrected chi connectivity index (χ0v) is 18.0. The number of methoxy groups -OCH3 is 1. The summed E-state index contributed by atoms with van der Waals surface area (Å²) in [6, 6.07) is 14.4. The van der Waals surface area contributed by atoms with Crippen LogP contribution in [0.2, 0.25) is 5.02 Å². The fraction of sp³-hybridized carbons (Fsp3) is 0.182. The first kappa shape index (κ1) is 20.6. The van der Waals surface area contributed by atoms with E-state index in [1.165, 1.54) is 4.40 Å². The summed E-state index contributed by atoms with van der Waals surface area (Å²) in [6.45, 7) is 3.30. The molecule has 0 fully saturated rings. The van der Waals surface area contributed by atoms with E-state index in [0.29, 0.717) is 27.9 Å². The maximum absolute atomic E-state index is 12.8. The number of aryl methyl sites for hydroxylation is 1. The molecular weight excluding hydrogens is 418 g/mol. The first-order chi connectivity index (χ1) is 14.9. The molecule has 1 N–H and O–H groups in total. The fourth-order valence-corrected chi connectivity index (χ4v) is 3.46. The second kappa shape index (κ2) is 8.23. The molecule has 8 nitrogen and oxygen atoms in total. The van der Waals surface area contributed by atoms with Crippen molar-refractivity contribution in [3.8, 4) is 17.0 Å². The predicted molar refractivity (Wildman–Crippen MR) is 119 cm³/mol. The van der Waals surface area contributed by atoms with E-state index in [-0.39, 0.29) is 12.5 Å². The second-order valence-electron chi connectivity index (χ2n) is 7.01. The molecule has 0 bridgehead atoms. The third-order valence-electron chi connectivity index (χ3n) is 4.96. The van der Waals surface area contributed by atoms with E-state index < -0.39 is 5.69 Å². The molecule has 4 rings (SSSR count). The van der Waals surface area contributed by atoms with E-state index >= 15 is 0 Å². The largest absolute Gasteiger partial charge is 0.497 e. The number of aromatic nitrogens is 4. The molecular formula is C22H20ClN5O3. The van der Waals surface area contributed by atoms with Crippen LogP contribution in [-0.4, -0.2) is 32.2 Å². The summed E-state index contributed by atoms with van der Waals surface area (Å²) in [5.41, 5.74) is 2.86. The van der Waals surface area contributed by atoms with Gasteiger partial charge in [0.25, 0.3) is 0 Å². The molecule has 0 unspecified atom stereocenters. The molecule has 2 aromatic heterocycles. The van der Waals surface area contributed by atoms with Gasteiger partial charge in [0.15, 0.2) is 5.65 Å². The van der Waals surface area contributed by atoms with Gasteiger partial charge in [-0.05, 0) is 55.8 Å². The molecule has 0 aliphatic carbocycles. The zero-order valence-electron chi connectivity index (χ0n) is 17.2. The van der Waals surface area contributed by atoms with Crippen LogP contribution in [0.5, 0.6) is 5.75 Å². The Hall–Kier alpha value is -3.65. The molecule has 0 radical (unpaired) electrons. The van der Waals surface area contributed by atoms with Gasteiger partial charge in [-0.1, -0.05) is 17.7 Å². The number of ether oxygens (including phenoxy) is 1. The molecule has 31 heavy (non-hydrogen) atoms. The van der Waals surface area contributed by atoms with Gasteiger partial charge >= 0.3 is 5.69 Å². The summed E-state index contributed by atoms with van der Waals surface area (Å²) in [5.74, 6) is 0.838. The van der Waals surface area contributed by atoms with Gasteiger partial charge in [-0.3, -0.25) is 4.79 Å². The van der Waals surface area contributed by atoms with Crippen LogP contribution in [0, 0.1) is 13.8 Å². The van der Waals surface area contributed by atoms with Crippen LogP contribution in [-0.2, 0) is 11.3 Å². The molecule has 0 saturated carbocycles. The van der Waals surface area contributed by atoms with E-state index in [4.69, 9.17) is 16.3 Å². The third-order valence-corrected chi connectivity index (χ3v) is 5.37. The number of carbonyl (C=O) groups excluding carboxylic acids is 1. The first-order valence-corrected chi connectivity index (χ1v) is 9.92. The number of benzene rings is 2. The lowest BCUT2D eigenvalue weighted by Gasteiger charge is -2.09. The van der Waals surface area contributed by atoms with Crippen molar-refractivity contribution in [2.24, 2.45) is 0 Å². The number of nitrogens with one attached hydrogen (secondary N) is 1. The van der Waals surface area contributed by atoms with Crippen molar-refractivity contribution in [2.45, 2.75) is 20.4 Å². The Morgan fingerprint density at radius 1 is 1.16 bits per heavy atom. The van der Waals surface area contributed by atoms with Crippen LogP contribution in [0.4, 0.5) is 5.69 Å². The van der Waals surface area contributed by atoms with E-state index in [0.717, 1.165) is 21.6 Å². The molecule has 2 heterocycles. The summed E-state index contributed by atoms with van der Waals surface area (Å²) in [5, 5.41) is 7.66. The van der Waals surface area contributed by atoms with Crippen molar-refractivity contribution in [2.75, 3.05) is 12.4 Å². The van der Waals surface area contributed by atoms with Gasteiger partial charge in [-0.2, -0.15) is 0 Å². The quantitative estimate of drug-likeness (QED) is 0.516. The van der Waals surface area contributed by atoms with Crippen LogP contribution in [0.1, 0.15) is 11.4 Å². The van der Waals surface area contributed by atoms with Gasteiger partial charge in [0, 0.05) is 22.3 Å². The number of anilines is 1. The van der Waals surface area contributed by atoms with Gasteiger partial charge in [0.2, 0.25) is 5.91 Å². The normalized spacial score (nSPS) is 11.0. The SMILES string of the molecule is COc1ccc(-c2cc3nn(CC(=O)Nc4cccc(Cl)c4C)c(=O)n3c(C)n2)cc1. The molecule has 9 heteroatoms. The lowest BCUT2D eigenvalue weighted by molar-refractivity contribution is -0.117. The second-order valence-corrected chi connectivity index (χ2v) is 7.42. The van der Waals surface area contributed by atoms with Crippen LogP contribution >= 0.6 is 11.6 Å². The van der Waals surface area contributed by atoms with Crippen LogP contribution < -0.4 is 15.7 Å². The standard InChI is InChI=1S/C22H20ClN5O3/c1-13-17(23)5-4-6-18(13)25-21(29)12-27-22(30)28-14(2)24-19(11-20(28)26-27)15-7-9-16(31-3)10-8-15/h4-11H,12H2,1-3H3,(H,25,29). The first-order valence-electron chi connectivity index (χ1n) is 9.54. The number of carbonyl (C=O) groups is 1. The molecule has 4 aromatic rings. The zero-order chi connectivity index (χ0) is 22.1. The number of hydrogen-bond donors (Lipinski definition) is 1. The average Bonchev–Trinajstić information content (AvgIpc) is 3.07. The Morgan fingerprint density at radius 3 is 2.61 bits per heavy atom. The van der Waals surface area contributed by atoms with E-state index in [1.807, 2.05) is 31.2 Å². The number of halogens is 1. The smallest absolute Gasteiger partial charge is 0.352 e. The molecule has 0 atom stereocenters. The van der Waals surface area contributed by atoms with Gasteiger partial charge in [0.05, 0.1) is 12.8 Å². The van der Waals surface area contributed by atoms with Gasteiger partial charge < -0.3 is 10.1 Å². The van der Waals surface area contributed by atoms with Gasteiger partial charge in [-0.25, -0.2) is 18.9 Å². The van der Waals surface area contributed by atoms with Crippen molar-refractivity contribution in [1.29, 1.82) is 0 Å². The highest BCUT2D eigenvalue weighted by Gasteiger charge is 2.15. The third kappa shape index (κ3) is 4.02. The summed E-state index contributed by atoms with van der Waals surface area (Å²) in [7, 11) is 1.60. The molecule has 1 amide bonds. The van der Waals surface area contributed by atoms with Crippen molar-refractivity contribution >= 4 is 28.8 Å². The minimum Gasteiger partial charge on any atom is -0.497 e. The highest BCUT2D eigenvalue weighted by Crippen LogP contribution is 2.23. The fourth-order valence-electron chi connectivity index (χ4n) is 3.28. The minimum absolute atomic E-state index is 0.232. The molecule has 0 aliphatic rings. The highest BCUT2D eigenvalue weighted by molar-refractivity contribution is 6.31. The number of nitrogens with zero attached hydrogens (tertiary/aromatic N) is 4. The van der Waals surface area contributed by atoms with E-state index in [2.05, 4.69) is 15.4 Å². The van der Waals surface area contributed by atoms with E-state index in [9.17, 15) is 9.59 Å². The number of hydrogen-bond acceptors (Lipinski definition) is 5. The Labute approximate surface area is 183 Å². The van der Waals surface area contributed by atoms with Gasteiger partial charge in [-0.15, -0.1) is 5.10 Å². The number of fused-ring (bicyclic) bond motifs is 1. The molecule has 0 aliphatic heterocycles. The molecule has 2 aromatic carbocycles. The lowest BCUT2D eigenvalue weighted by atomic mass is 10.1. The topological polar surface area (TPSA) is 90.5 Å². The Bertz CT molecular complexity index is 1340. The molecule has 0 spiro atoms. The molecule has 0 saturated heterocycles. The summed E-state index contributed by atoms with van der Waals surface area (Å²) < 4.78 is 7.69. The van der Waals surface area contributed by atoms with Crippen molar-refractivity contribution in [3.63, 3.8) is 0 Å². The van der Waals surface area contributed by atoms with Crippen molar-refractivity contribution in [3.05, 3.63) is 75.4 Å². The Kier molecular flexibility index (Phi) is 5.48. The number of rotatable bonds is 5. The Morgan fingerprint density at radius 2 is 1.90 bits per heavy atom. The minimum atomic E-state index is -0.431.